The number of benzene rings is 1. The second kappa shape index (κ2) is 6.83. The summed E-state index contributed by atoms with van der Waals surface area (Å²) in [6.07, 6.45) is 1.59. The van der Waals surface area contributed by atoms with Crippen molar-refractivity contribution in [1.29, 1.82) is 0 Å². The van der Waals surface area contributed by atoms with Gasteiger partial charge in [0, 0.05) is 32.7 Å². The zero-order valence-electron chi connectivity index (χ0n) is 13.8. The van der Waals surface area contributed by atoms with E-state index in [1.54, 1.807) is 6.33 Å². The van der Waals surface area contributed by atoms with Crippen LogP contribution in [0.2, 0.25) is 0 Å². The molecule has 0 spiro atoms. The zero-order valence-corrected chi connectivity index (χ0v) is 13.8. The van der Waals surface area contributed by atoms with E-state index < -0.39 is 0 Å². The Morgan fingerprint density at radius 3 is 2.70 bits per heavy atom. The minimum atomic E-state index is 0.629. The maximum absolute atomic E-state index is 6.30. The van der Waals surface area contributed by atoms with E-state index in [1.165, 1.54) is 11.1 Å². The first-order chi connectivity index (χ1) is 11.1. The van der Waals surface area contributed by atoms with Gasteiger partial charge >= 0.3 is 0 Å². The van der Waals surface area contributed by atoms with Gasteiger partial charge in [-0.2, -0.15) is 0 Å². The molecule has 0 bridgehead atoms. The van der Waals surface area contributed by atoms with Crippen molar-refractivity contribution in [2.24, 2.45) is 0 Å². The largest absolute Gasteiger partial charge is 0.393 e. The molecule has 1 fully saturated rings. The summed E-state index contributed by atoms with van der Waals surface area (Å²) >= 11 is 0. The lowest BCUT2D eigenvalue weighted by Gasteiger charge is -2.33. The lowest BCUT2D eigenvalue weighted by Crippen LogP contribution is -2.45. The van der Waals surface area contributed by atoms with Gasteiger partial charge in [0.05, 0.1) is 0 Å². The minimum Gasteiger partial charge on any atom is -0.393 e. The fourth-order valence-corrected chi connectivity index (χ4v) is 2.81. The summed E-state index contributed by atoms with van der Waals surface area (Å²) in [7, 11) is 2.13. The number of nitrogens with zero attached hydrogens (tertiary/aromatic N) is 4. The normalized spacial score (nSPS) is 15.7. The predicted molar refractivity (Wildman–Crippen MR) is 94.7 cm³/mol. The van der Waals surface area contributed by atoms with Crippen LogP contribution in [0.1, 0.15) is 11.1 Å². The molecule has 1 saturated heterocycles. The zero-order chi connectivity index (χ0) is 16.2. The smallest absolute Gasteiger partial charge is 0.157 e. The van der Waals surface area contributed by atoms with Gasteiger partial charge in [-0.05, 0) is 19.5 Å². The quantitative estimate of drug-likeness (QED) is 0.896. The van der Waals surface area contributed by atoms with E-state index in [-0.39, 0.29) is 0 Å². The van der Waals surface area contributed by atoms with Crippen LogP contribution in [-0.4, -0.2) is 48.1 Å². The van der Waals surface area contributed by atoms with E-state index >= 15 is 0 Å². The van der Waals surface area contributed by atoms with E-state index in [0.29, 0.717) is 18.1 Å². The molecule has 0 saturated carbocycles. The van der Waals surface area contributed by atoms with Crippen LogP contribution in [0.25, 0.3) is 0 Å². The van der Waals surface area contributed by atoms with Crippen LogP contribution in [0.5, 0.6) is 0 Å². The van der Waals surface area contributed by atoms with Crippen molar-refractivity contribution < 1.29 is 0 Å². The number of nitrogen functional groups attached to an aromatic ring is 1. The average Bonchev–Trinajstić information content (AvgIpc) is 2.55. The summed E-state index contributed by atoms with van der Waals surface area (Å²) in [6.45, 7) is 6.72. The lowest BCUT2D eigenvalue weighted by molar-refractivity contribution is 0.312. The molecule has 3 rings (SSSR count). The number of aromatic nitrogens is 2. The summed E-state index contributed by atoms with van der Waals surface area (Å²) < 4.78 is 0. The van der Waals surface area contributed by atoms with E-state index in [0.717, 1.165) is 32.0 Å². The number of piperazine rings is 1. The van der Waals surface area contributed by atoms with E-state index in [2.05, 4.69) is 63.3 Å². The molecule has 0 radical (unpaired) electrons. The van der Waals surface area contributed by atoms with Gasteiger partial charge in [0.1, 0.15) is 12.0 Å². The summed E-state index contributed by atoms with van der Waals surface area (Å²) in [4.78, 5) is 13.2. The molecule has 1 aromatic heterocycles. The molecule has 0 amide bonds. The molecule has 1 aliphatic heterocycles. The summed E-state index contributed by atoms with van der Waals surface area (Å²) in [5, 5.41) is 3.33. The Morgan fingerprint density at radius 2 is 1.96 bits per heavy atom. The first-order valence-corrected chi connectivity index (χ1v) is 7.97. The first-order valence-electron chi connectivity index (χ1n) is 7.97. The number of anilines is 3. The van der Waals surface area contributed by atoms with Crippen molar-refractivity contribution >= 4 is 17.3 Å². The highest BCUT2D eigenvalue weighted by Crippen LogP contribution is 2.27. The number of rotatable bonds is 4. The van der Waals surface area contributed by atoms with Crippen LogP contribution >= 0.6 is 0 Å². The molecule has 6 nitrogen and oxygen atoms in total. The molecule has 6 heteroatoms. The number of nitrogens with one attached hydrogen (secondary N) is 1. The van der Waals surface area contributed by atoms with Crippen molar-refractivity contribution in [1.82, 2.24) is 14.9 Å². The fraction of sp³-hybridized carbons (Fsp3) is 0.412. The van der Waals surface area contributed by atoms with Gasteiger partial charge < -0.3 is 20.9 Å². The molecule has 3 N–H and O–H groups in total. The third-order valence-electron chi connectivity index (χ3n) is 4.21. The second-order valence-electron chi connectivity index (χ2n) is 6.09. The van der Waals surface area contributed by atoms with Crippen LogP contribution in [0.4, 0.5) is 17.3 Å². The Kier molecular flexibility index (Phi) is 4.62. The SMILES string of the molecule is Cc1cccc(CNc2ncnc(N3CCN(C)CC3)c2N)c1. The molecular weight excluding hydrogens is 288 g/mol. The number of nitrogens with two attached hydrogens (primary N) is 1. The first kappa shape index (κ1) is 15.6. The highest BCUT2D eigenvalue weighted by atomic mass is 15.3. The maximum atomic E-state index is 6.30. The van der Waals surface area contributed by atoms with Gasteiger partial charge in [0.15, 0.2) is 11.6 Å². The predicted octanol–water partition coefficient (Wildman–Crippen LogP) is 1.73. The number of aryl methyl sites for hydroxylation is 1. The van der Waals surface area contributed by atoms with Gasteiger partial charge in [0.2, 0.25) is 0 Å². The molecule has 0 aliphatic carbocycles. The topological polar surface area (TPSA) is 70.3 Å². The Balaban J connectivity index is 1.72. The van der Waals surface area contributed by atoms with Crippen molar-refractivity contribution in [2.45, 2.75) is 13.5 Å². The lowest BCUT2D eigenvalue weighted by atomic mass is 10.1. The van der Waals surface area contributed by atoms with Gasteiger partial charge in [-0.25, -0.2) is 9.97 Å². The van der Waals surface area contributed by atoms with E-state index in [4.69, 9.17) is 5.73 Å². The van der Waals surface area contributed by atoms with Crippen LogP contribution < -0.4 is 16.0 Å². The second-order valence-corrected chi connectivity index (χ2v) is 6.09. The number of hydrogen-bond acceptors (Lipinski definition) is 6. The van der Waals surface area contributed by atoms with Gasteiger partial charge in [-0.3, -0.25) is 0 Å². The Labute approximate surface area is 137 Å². The molecule has 1 aromatic carbocycles. The van der Waals surface area contributed by atoms with E-state index in [9.17, 15) is 0 Å². The van der Waals surface area contributed by atoms with Crippen LogP contribution in [-0.2, 0) is 6.54 Å². The van der Waals surface area contributed by atoms with Crippen molar-refractivity contribution in [3.8, 4) is 0 Å². The monoisotopic (exact) mass is 312 g/mol. The molecular formula is C17H24N6. The Hall–Kier alpha value is -2.34. The van der Waals surface area contributed by atoms with E-state index in [1.807, 2.05) is 0 Å². The Bertz CT molecular complexity index is 664. The molecule has 1 aliphatic rings. The molecule has 2 aromatic rings. The maximum Gasteiger partial charge on any atom is 0.157 e. The molecule has 0 atom stereocenters. The number of likely N-dealkylation sites (N-methyl/N-ethyl adjacent to an activating group) is 1. The highest BCUT2D eigenvalue weighted by Gasteiger charge is 2.19. The third-order valence-corrected chi connectivity index (χ3v) is 4.21. The van der Waals surface area contributed by atoms with Crippen LogP contribution in [0.15, 0.2) is 30.6 Å². The Morgan fingerprint density at radius 1 is 1.17 bits per heavy atom. The summed E-state index contributed by atoms with van der Waals surface area (Å²) in [5.41, 5.74) is 9.39. The molecule has 0 unspecified atom stereocenters. The third kappa shape index (κ3) is 3.71. The van der Waals surface area contributed by atoms with Crippen molar-refractivity contribution in [3.05, 3.63) is 41.7 Å². The average molecular weight is 312 g/mol. The van der Waals surface area contributed by atoms with Crippen molar-refractivity contribution in [3.63, 3.8) is 0 Å². The standard InChI is InChI=1S/C17H24N6/c1-13-4-3-5-14(10-13)11-19-16-15(18)17(21-12-20-16)23-8-6-22(2)7-9-23/h3-5,10,12H,6-9,11,18H2,1-2H3,(H,19,20,21). The van der Waals surface area contributed by atoms with Crippen molar-refractivity contribution in [2.75, 3.05) is 49.2 Å². The molecule has 23 heavy (non-hydrogen) atoms. The van der Waals surface area contributed by atoms with Crippen LogP contribution in [0.3, 0.4) is 0 Å². The summed E-state index contributed by atoms with van der Waals surface area (Å²) in [5.74, 6) is 1.54. The highest BCUT2D eigenvalue weighted by molar-refractivity contribution is 5.75. The fourth-order valence-electron chi connectivity index (χ4n) is 2.81. The van der Waals surface area contributed by atoms with Gasteiger partial charge in [-0.1, -0.05) is 29.8 Å². The molecule has 122 valence electrons. The minimum absolute atomic E-state index is 0.629. The summed E-state index contributed by atoms with van der Waals surface area (Å²) in [6, 6.07) is 8.41. The van der Waals surface area contributed by atoms with Gasteiger partial charge in [-0.15, -0.1) is 0 Å². The van der Waals surface area contributed by atoms with Gasteiger partial charge in [0.25, 0.3) is 0 Å². The number of hydrogen-bond donors (Lipinski definition) is 2. The van der Waals surface area contributed by atoms with Crippen LogP contribution in [0, 0.1) is 6.92 Å². The molecule has 2 heterocycles.